The number of hydrogen-bond donors (Lipinski definition) is 2. The largest absolute Gasteiger partial charge is 0.349 e. The number of rotatable bonds is 8. The average Bonchev–Trinajstić information content (AvgIpc) is 2.28. The van der Waals surface area contributed by atoms with Crippen molar-refractivity contribution in [1.82, 2.24) is 5.32 Å². The van der Waals surface area contributed by atoms with Gasteiger partial charge in [-0.05, 0) is 26.2 Å². The predicted molar refractivity (Wildman–Crippen MR) is 69.2 cm³/mol. The lowest BCUT2D eigenvalue weighted by Gasteiger charge is -2.30. The number of nitrogens with two attached hydrogens (primary N) is 1. The van der Waals surface area contributed by atoms with Crippen molar-refractivity contribution in [2.75, 3.05) is 6.54 Å². The van der Waals surface area contributed by atoms with E-state index in [1.54, 1.807) is 0 Å². The van der Waals surface area contributed by atoms with Gasteiger partial charge in [-0.15, -0.1) is 0 Å². The van der Waals surface area contributed by atoms with Gasteiger partial charge in [-0.1, -0.05) is 33.6 Å². The molecule has 0 aliphatic rings. The normalized spacial score (nSPS) is 14.9. The lowest BCUT2D eigenvalue weighted by Crippen LogP contribution is -2.52. The van der Waals surface area contributed by atoms with E-state index in [2.05, 4.69) is 26.1 Å². The summed E-state index contributed by atoms with van der Waals surface area (Å²) in [6, 6.07) is 0. The smallest absolute Gasteiger partial charge is 0.223 e. The van der Waals surface area contributed by atoms with E-state index in [-0.39, 0.29) is 17.4 Å². The van der Waals surface area contributed by atoms with Gasteiger partial charge in [0.2, 0.25) is 5.91 Å². The third-order valence-electron chi connectivity index (χ3n) is 3.30. The van der Waals surface area contributed by atoms with Gasteiger partial charge in [0.1, 0.15) is 0 Å². The molecular weight excluding hydrogens is 200 g/mol. The molecule has 0 fully saturated rings. The monoisotopic (exact) mass is 228 g/mol. The third-order valence-corrected chi connectivity index (χ3v) is 3.30. The number of nitrogens with one attached hydrogen (secondary N) is 1. The zero-order valence-electron chi connectivity index (χ0n) is 11.3. The van der Waals surface area contributed by atoms with Gasteiger partial charge in [-0.3, -0.25) is 4.79 Å². The number of amides is 1. The van der Waals surface area contributed by atoms with Crippen molar-refractivity contribution in [2.24, 2.45) is 11.7 Å². The molecule has 0 aromatic rings. The highest BCUT2D eigenvalue weighted by Crippen LogP contribution is 2.16. The minimum atomic E-state index is -0.239. The van der Waals surface area contributed by atoms with Crippen LogP contribution in [0.15, 0.2) is 0 Å². The Balaban J connectivity index is 4.38. The van der Waals surface area contributed by atoms with Crippen LogP contribution in [0, 0.1) is 5.92 Å². The Bertz CT molecular complexity index is 194. The van der Waals surface area contributed by atoms with Crippen LogP contribution in [-0.2, 0) is 4.79 Å². The third kappa shape index (κ3) is 4.97. The first-order valence-electron chi connectivity index (χ1n) is 6.55. The van der Waals surface area contributed by atoms with E-state index < -0.39 is 0 Å². The van der Waals surface area contributed by atoms with E-state index in [0.29, 0.717) is 6.54 Å². The van der Waals surface area contributed by atoms with Crippen molar-refractivity contribution in [1.29, 1.82) is 0 Å². The summed E-state index contributed by atoms with van der Waals surface area (Å²) < 4.78 is 0. The summed E-state index contributed by atoms with van der Waals surface area (Å²) in [6.07, 6.45) is 4.95. The van der Waals surface area contributed by atoms with E-state index in [4.69, 9.17) is 5.73 Å². The highest BCUT2D eigenvalue weighted by atomic mass is 16.2. The Labute approximate surface area is 100 Å². The molecule has 0 saturated heterocycles. The van der Waals surface area contributed by atoms with Gasteiger partial charge >= 0.3 is 0 Å². The maximum atomic E-state index is 12.1. The standard InChI is InChI=1S/C13H28N2O/c1-5-8-11(9-6-2)12(16)15-13(4,7-3)10-14/h11H,5-10,14H2,1-4H3,(H,15,16). The van der Waals surface area contributed by atoms with Crippen molar-refractivity contribution < 1.29 is 4.79 Å². The minimum Gasteiger partial charge on any atom is -0.349 e. The summed E-state index contributed by atoms with van der Waals surface area (Å²) >= 11 is 0. The molecule has 16 heavy (non-hydrogen) atoms. The first-order chi connectivity index (χ1) is 7.52. The fraction of sp³-hybridized carbons (Fsp3) is 0.923. The first kappa shape index (κ1) is 15.4. The molecule has 3 heteroatoms. The molecule has 1 amide bonds. The average molecular weight is 228 g/mol. The second kappa shape index (κ2) is 7.66. The topological polar surface area (TPSA) is 55.1 Å². The molecule has 0 aliphatic carbocycles. The highest BCUT2D eigenvalue weighted by molar-refractivity contribution is 5.79. The van der Waals surface area contributed by atoms with E-state index in [1.807, 2.05) is 6.92 Å². The number of carbonyl (C=O) groups excluding carboxylic acids is 1. The van der Waals surface area contributed by atoms with E-state index in [1.165, 1.54) is 0 Å². The molecule has 1 unspecified atom stereocenters. The lowest BCUT2D eigenvalue weighted by atomic mass is 9.93. The number of hydrogen-bond acceptors (Lipinski definition) is 2. The lowest BCUT2D eigenvalue weighted by molar-refractivity contribution is -0.127. The highest BCUT2D eigenvalue weighted by Gasteiger charge is 2.26. The summed E-state index contributed by atoms with van der Waals surface area (Å²) in [5.74, 6) is 0.339. The Kier molecular flexibility index (Phi) is 7.39. The van der Waals surface area contributed by atoms with Gasteiger partial charge < -0.3 is 11.1 Å². The molecule has 0 bridgehead atoms. The molecule has 3 nitrogen and oxygen atoms in total. The van der Waals surface area contributed by atoms with Crippen LogP contribution in [0.25, 0.3) is 0 Å². The second-order valence-corrected chi connectivity index (χ2v) is 4.88. The van der Waals surface area contributed by atoms with Crippen molar-refractivity contribution >= 4 is 5.91 Å². The minimum absolute atomic E-state index is 0.160. The molecule has 0 aromatic carbocycles. The summed E-state index contributed by atoms with van der Waals surface area (Å²) in [7, 11) is 0. The molecule has 0 radical (unpaired) electrons. The molecule has 1 atom stereocenters. The van der Waals surface area contributed by atoms with E-state index >= 15 is 0 Å². The Morgan fingerprint density at radius 3 is 2.06 bits per heavy atom. The van der Waals surface area contributed by atoms with Crippen molar-refractivity contribution in [2.45, 2.75) is 65.3 Å². The Hall–Kier alpha value is -0.570. The molecule has 96 valence electrons. The Morgan fingerprint density at radius 1 is 1.25 bits per heavy atom. The zero-order valence-corrected chi connectivity index (χ0v) is 11.3. The van der Waals surface area contributed by atoms with Gasteiger partial charge in [-0.25, -0.2) is 0 Å². The van der Waals surface area contributed by atoms with Crippen LogP contribution in [-0.4, -0.2) is 18.0 Å². The summed E-state index contributed by atoms with van der Waals surface area (Å²) in [6.45, 7) is 8.82. The molecule has 0 rings (SSSR count). The van der Waals surface area contributed by atoms with Crippen LogP contribution in [0.4, 0.5) is 0 Å². The zero-order chi connectivity index (χ0) is 12.6. The maximum absolute atomic E-state index is 12.1. The maximum Gasteiger partial charge on any atom is 0.223 e. The molecule has 0 aliphatic heterocycles. The summed E-state index contributed by atoms with van der Waals surface area (Å²) in [5, 5.41) is 3.10. The van der Waals surface area contributed by atoms with Crippen molar-refractivity contribution in [3.8, 4) is 0 Å². The summed E-state index contributed by atoms with van der Waals surface area (Å²) in [5.41, 5.74) is 5.46. The van der Waals surface area contributed by atoms with Crippen molar-refractivity contribution in [3.05, 3.63) is 0 Å². The van der Waals surface area contributed by atoms with Gasteiger partial charge in [0, 0.05) is 18.0 Å². The van der Waals surface area contributed by atoms with Crippen LogP contribution in [0.5, 0.6) is 0 Å². The van der Waals surface area contributed by atoms with Crippen LogP contribution < -0.4 is 11.1 Å². The van der Waals surface area contributed by atoms with Crippen LogP contribution in [0.2, 0.25) is 0 Å². The Morgan fingerprint density at radius 2 is 1.75 bits per heavy atom. The van der Waals surface area contributed by atoms with Gasteiger partial charge in [-0.2, -0.15) is 0 Å². The molecule has 0 saturated carbocycles. The fourth-order valence-corrected chi connectivity index (χ4v) is 1.79. The SMILES string of the molecule is CCCC(CCC)C(=O)NC(C)(CC)CN. The summed E-state index contributed by atoms with van der Waals surface area (Å²) in [4.78, 5) is 12.1. The van der Waals surface area contributed by atoms with Gasteiger partial charge in [0.05, 0.1) is 0 Å². The predicted octanol–water partition coefficient (Wildman–Crippen LogP) is 2.45. The van der Waals surface area contributed by atoms with Crippen LogP contribution in [0.1, 0.15) is 59.8 Å². The molecular formula is C13H28N2O. The van der Waals surface area contributed by atoms with Crippen LogP contribution >= 0.6 is 0 Å². The quantitative estimate of drug-likeness (QED) is 0.670. The van der Waals surface area contributed by atoms with Gasteiger partial charge in [0.25, 0.3) is 0 Å². The van der Waals surface area contributed by atoms with Crippen LogP contribution in [0.3, 0.4) is 0 Å². The number of carbonyl (C=O) groups is 1. The van der Waals surface area contributed by atoms with Gasteiger partial charge in [0.15, 0.2) is 0 Å². The van der Waals surface area contributed by atoms with E-state index in [0.717, 1.165) is 32.1 Å². The second-order valence-electron chi connectivity index (χ2n) is 4.88. The van der Waals surface area contributed by atoms with E-state index in [9.17, 15) is 4.79 Å². The molecule has 0 aromatic heterocycles. The molecule has 0 heterocycles. The molecule has 3 N–H and O–H groups in total. The molecule has 0 spiro atoms. The van der Waals surface area contributed by atoms with Crippen molar-refractivity contribution in [3.63, 3.8) is 0 Å². The fourth-order valence-electron chi connectivity index (χ4n) is 1.79. The first-order valence-corrected chi connectivity index (χ1v) is 6.55.